The Balaban J connectivity index is 3.60. The summed E-state index contributed by atoms with van der Waals surface area (Å²) in [4.78, 5) is 67.9. The van der Waals surface area contributed by atoms with Gasteiger partial charge < -0.3 is 51.3 Å². The molecule has 0 aliphatic carbocycles. The molecule has 0 fully saturated rings. The predicted octanol–water partition coefficient (Wildman–Crippen LogP) is -4.79. The Morgan fingerprint density at radius 1 is 0.526 bits per heavy atom. The minimum atomic E-state index is -0.649. The quantitative estimate of drug-likeness (QED) is 0.0245. The molecule has 0 saturated carbocycles. The highest BCUT2D eigenvalue weighted by molar-refractivity contribution is 5.91. The van der Waals surface area contributed by atoms with E-state index in [9.17, 15) is 28.9 Å². The van der Waals surface area contributed by atoms with Gasteiger partial charge in [0.05, 0.1) is 84.3 Å². The van der Waals surface area contributed by atoms with E-state index in [1.54, 1.807) is 0 Å². The molecule has 218 valence electrons. The second kappa shape index (κ2) is 25.2. The SMILES string of the molecule is NCCOCCOCCOCCOCCC(=O)NCC(=O)NCC(=O)NCC(=O)NCC(=O)NCNN=O. The van der Waals surface area contributed by atoms with E-state index < -0.39 is 42.6 Å². The summed E-state index contributed by atoms with van der Waals surface area (Å²) in [6, 6.07) is 0. The zero-order valence-electron chi connectivity index (χ0n) is 21.2. The molecule has 18 heteroatoms. The topological polar surface area (TPSA) is 250 Å². The zero-order valence-corrected chi connectivity index (χ0v) is 21.2. The van der Waals surface area contributed by atoms with Crippen molar-refractivity contribution in [3.05, 3.63) is 4.91 Å². The van der Waals surface area contributed by atoms with E-state index in [-0.39, 0.29) is 32.8 Å². The largest absolute Gasteiger partial charge is 0.379 e. The van der Waals surface area contributed by atoms with Crippen LogP contribution in [-0.4, -0.2) is 122 Å². The minimum Gasteiger partial charge on any atom is -0.379 e. The van der Waals surface area contributed by atoms with Gasteiger partial charge in [-0.25, -0.2) is 0 Å². The summed E-state index contributed by atoms with van der Waals surface area (Å²) in [5, 5.41) is 13.7. The monoisotopic (exact) mass is 550 g/mol. The molecule has 18 nitrogen and oxygen atoms in total. The summed E-state index contributed by atoms with van der Waals surface area (Å²) in [6.45, 7) is 1.79. The molecule has 0 spiro atoms. The van der Waals surface area contributed by atoms with Crippen molar-refractivity contribution in [2.75, 3.05) is 92.2 Å². The number of hydrogen-bond donors (Lipinski definition) is 7. The molecule has 0 aromatic carbocycles. The van der Waals surface area contributed by atoms with E-state index in [2.05, 4.69) is 31.9 Å². The number of carbonyl (C=O) groups excluding carboxylic acids is 5. The van der Waals surface area contributed by atoms with E-state index in [4.69, 9.17) is 24.7 Å². The molecule has 0 rings (SSSR count). The van der Waals surface area contributed by atoms with E-state index >= 15 is 0 Å². The first-order chi connectivity index (χ1) is 18.4. The summed E-state index contributed by atoms with van der Waals surface area (Å²) in [6.07, 6.45) is 0.0390. The standard InChI is InChI=1S/C20H38N8O10/c21-2-4-36-6-8-38-10-9-37-7-5-35-3-1-16(29)22-11-17(30)23-12-18(31)24-13-19(32)25-14-20(33)26-15-27-28-34/h1-15,21H2,(H,22,29)(H,23,30)(H,24,31)(H,25,32)(H,26,33)(H,27,34). The molecule has 0 aromatic rings. The van der Waals surface area contributed by atoms with Crippen LogP contribution in [0.25, 0.3) is 0 Å². The van der Waals surface area contributed by atoms with Crippen molar-refractivity contribution in [3.8, 4) is 0 Å². The first-order valence-corrected chi connectivity index (χ1v) is 11.8. The van der Waals surface area contributed by atoms with Gasteiger partial charge in [-0.05, 0) is 0 Å². The fourth-order valence-electron chi connectivity index (χ4n) is 2.23. The first-order valence-electron chi connectivity index (χ1n) is 11.8. The highest BCUT2D eigenvalue weighted by atomic mass is 16.6. The van der Waals surface area contributed by atoms with Crippen molar-refractivity contribution in [1.82, 2.24) is 32.0 Å². The highest BCUT2D eigenvalue weighted by Gasteiger charge is 2.10. The first kappa shape index (κ1) is 34.6. The lowest BCUT2D eigenvalue weighted by molar-refractivity contribution is -0.129. The van der Waals surface area contributed by atoms with Crippen LogP contribution in [0.4, 0.5) is 0 Å². The minimum absolute atomic E-state index is 0.0390. The molecule has 0 atom stereocenters. The van der Waals surface area contributed by atoms with Gasteiger partial charge in [0.25, 0.3) is 0 Å². The highest BCUT2D eigenvalue weighted by Crippen LogP contribution is 1.86. The number of ether oxygens (including phenoxy) is 4. The Labute approximate surface area is 219 Å². The smallest absolute Gasteiger partial charge is 0.240 e. The van der Waals surface area contributed by atoms with E-state index in [0.717, 1.165) is 0 Å². The molecule has 5 amide bonds. The van der Waals surface area contributed by atoms with E-state index in [0.29, 0.717) is 52.8 Å². The summed E-state index contributed by atoms with van der Waals surface area (Å²) >= 11 is 0. The van der Waals surface area contributed by atoms with Crippen LogP contribution in [0, 0.1) is 4.91 Å². The summed E-state index contributed by atoms with van der Waals surface area (Å²) in [5.41, 5.74) is 7.25. The van der Waals surface area contributed by atoms with Crippen LogP contribution < -0.4 is 37.7 Å². The fraction of sp³-hybridized carbons (Fsp3) is 0.750. The van der Waals surface area contributed by atoms with Gasteiger partial charge in [0.1, 0.15) is 6.67 Å². The summed E-state index contributed by atoms with van der Waals surface area (Å²) in [5.74, 6) is -2.87. The number of amides is 5. The fourth-order valence-corrected chi connectivity index (χ4v) is 2.23. The van der Waals surface area contributed by atoms with Crippen molar-refractivity contribution in [2.24, 2.45) is 11.0 Å². The number of nitrogens with zero attached hydrogens (tertiary/aromatic N) is 1. The van der Waals surface area contributed by atoms with Crippen LogP contribution in [-0.2, 0) is 42.9 Å². The Kier molecular flexibility index (Phi) is 22.9. The number of carbonyl (C=O) groups is 5. The molecule has 0 aliphatic rings. The maximum atomic E-state index is 11.7. The van der Waals surface area contributed by atoms with Crippen LogP contribution in [0.3, 0.4) is 0 Å². The average Bonchev–Trinajstić information content (AvgIpc) is 2.91. The number of rotatable bonds is 25. The third-order valence-electron chi connectivity index (χ3n) is 4.07. The molecule has 0 aliphatic heterocycles. The summed E-state index contributed by atoms with van der Waals surface area (Å²) < 4.78 is 21.0. The molecule has 0 heterocycles. The second-order valence-corrected chi connectivity index (χ2v) is 7.12. The molecule has 0 unspecified atom stereocenters. The Morgan fingerprint density at radius 3 is 1.32 bits per heavy atom. The van der Waals surface area contributed by atoms with Gasteiger partial charge in [-0.3, -0.25) is 29.4 Å². The van der Waals surface area contributed by atoms with Gasteiger partial charge in [0.15, 0.2) is 0 Å². The van der Waals surface area contributed by atoms with Crippen LogP contribution in [0.15, 0.2) is 5.29 Å². The van der Waals surface area contributed by atoms with Crippen molar-refractivity contribution in [2.45, 2.75) is 6.42 Å². The average molecular weight is 551 g/mol. The molecule has 38 heavy (non-hydrogen) atoms. The Hall–Kier alpha value is -3.45. The molecule has 0 radical (unpaired) electrons. The number of hydrogen-bond acceptors (Lipinski definition) is 12. The predicted molar refractivity (Wildman–Crippen MR) is 131 cm³/mol. The number of nitrogens with one attached hydrogen (secondary N) is 6. The van der Waals surface area contributed by atoms with Crippen LogP contribution >= 0.6 is 0 Å². The van der Waals surface area contributed by atoms with Crippen LogP contribution in [0.1, 0.15) is 6.42 Å². The summed E-state index contributed by atoms with van der Waals surface area (Å²) in [7, 11) is 0. The van der Waals surface area contributed by atoms with Gasteiger partial charge in [0.2, 0.25) is 29.5 Å². The van der Waals surface area contributed by atoms with Gasteiger partial charge >= 0.3 is 0 Å². The number of nitroso groups, excluding NO2 is 1. The van der Waals surface area contributed by atoms with Crippen LogP contribution in [0.5, 0.6) is 0 Å². The second-order valence-electron chi connectivity index (χ2n) is 7.12. The van der Waals surface area contributed by atoms with Gasteiger partial charge in [-0.2, -0.15) is 0 Å². The van der Waals surface area contributed by atoms with Gasteiger partial charge in [-0.1, -0.05) is 0 Å². The molecular formula is C20H38N8O10. The number of nitrogens with two attached hydrogens (primary N) is 1. The van der Waals surface area contributed by atoms with E-state index in [1.807, 2.05) is 5.43 Å². The molecule has 0 aromatic heterocycles. The maximum absolute atomic E-state index is 11.7. The van der Waals surface area contributed by atoms with Crippen molar-refractivity contribution in [3.63, 3.8) is 0 Å². The third kappa shape index (κ3) is 24.3. The zero-order chi connectivity index (χ0) is 28.3. The third-order valence-corrected chi connectivity index (χ3v) is 4.07. The Morgan fingerprint density at radius 2 is 0.895 bits per heavy atom. The molecule has 8 N–H and O–H groups in total. The van der Waals surface area contributed by atoms with Crippen molar-refractivity contribution < 1.29 is 42.9 Å². The lowest BCUT2D eigenvalue weighted by atomic mass is 10.4. The molecular weight excluding hydrogens is 512 g/mol. The normalized spacial score (nSPS) is 10.2. The van der Waals surface area contributed by atoms with Crippen LogP contribution in [0.2, 0.25) is 0 Å². The Bertz CT molecular complexity index is 713. The molecule has 0 saturated heterocycles. The van der Waals surface area contributed by atoms with E-state index in [1.165, 1.54) is 0 Å². The van der Waals surface area contributed by atoms with Crippen molar-refractivity contribution in [1.29, 1.82) is 0 Å². The lowest BCUT2D eigenvalue weighted by Crippen LogP contribution is -2.46. The molecule has 0 bridgehead atoms. The lowest BCUT2D eigenvalue weighted by Gasteiger charge is -2.09. The maximum Gasteiger partial charge on any atom is 0.240 e. The van der Waals surface area contributed by atoms with Crippen molar-refractivity contribution >= 4 is 29.5 Å². The van der Waals surface area contributed by atoms with Gasteiger partial charge in [0, 0.05) is 13.0 Å². The van der Waals surface area contributed by atoms with Gasteiger partial charge in [-0.15, -0.1) is 4.91 Å².